The summed E-state index contributed by atoms with van der Waals surface area (Å²) in [4.78, 5) is 8.62. The lowest BCUT2D eigenvalue weighted by Crippen LogP contribution is -2.22. The molecule has 2 unspecified atom stereocenters. The van der Waals surface area contributed by atoms with Crippen molar-refractivity contribution < 1.29 is 5.11 Å². The maximum absolute atomic E-state index is 9.76. The molecule has 1 aromatic rings. The highest BCUT2D eigenvalue weighted by molar-refractivity contribution is 5.44. The average molecular weight is 250 g/mol. The van der Waals surface area contributed by atoms with Crippen LogP contribution in [-0.4, -0.2) is 27.7 Å². The Morgan fingerprint density at radius 2 is 2.28 bits per heavy atom. The van der Waals surface area contributed by atoms with Crippen LogP contribution in [-0.2, 0) is 6.42 Å². The smallest absolute Gasteiger partial charge is 0.133 e. The van der Waals surface area contributed by atoms with Gasteiger partial charge in [-0.05, 0) is 19.3 Å². The van der Waals surface area contributed by atoms with Crippen molar-refractivity contribution in [1.82, 2.24) is 9.97 Å². The fourth-order valence-corrected chi connectivity index (χ4v) is 2.43. The number of nitrogens with one attached hydrogen (secondary N) is 1. The summed E-state index contributed by atoms with van der Waals surface area (Å²) in [6.07, 6.45) is 4.78. The van der Waals surface area contributed by atoms with Crippen LogP contribution >= 0.6 is 0 Å². The summed E-state index contributed by atoms with van der Waals surface area (Å²) < 4.78 is 0. The van der Waals surface area contributed by atoms with Gasteiger partial charge in [-0.25, -0.2) is 9.97 Å². The predicted octanol–water partition coefficient (Wildman–Crippen LogP) is 1.58. The first-order valence-electron chi connectivity index (χ1n) is 6.74. The van der Waals surface area contributed by atoms with E-state index in [2.05, 4.69) is 22.2 Å². The maximum Gasteiger partial charge on any atom is 0.133 e. The van der Waals surface area contributed by atoms with E-state index in [0.717, 1.165) is 50.3 Å². The van der Waals surface area contributed by atoms with E-state index >= 15 is 0 Å². The molecule has 0 saturated heterocycles. The number of aliphatic hydroxyl groups is 1. The first-order chi connectivity index (χ1) is 8.69. The Kier molecular flexibility index (Phi) is 4.36. The van der Waals surface area contributed by atoms with Crippen LogP contribution in [0.25, 0.3) is 0 Å². The van der Waals surface area contributed by atoms with Crippen molar-refractivity contribution in [3.8, 4) is 0 Å². The van der Waals surface area contributed by atoms with E-state index in [4.69, 9.17) is 5.73 Å². The molecule has 1 heterocycles. The highest BCUT2D eigenvalue weighted by Crippen LogP contribution is 2.25. The van der Waals surface area contributed by atoms with E-state index in [-0.39, 0.29) is 6.10 Å². The fraction of sp³-hybridized carbons (Fsp3) is 0.692. The molecule has 0 radical (unpaired) electrons. The Bertz CT molecular complexity index is 397. The van der Waals surface area contributed by atoms with Gasteiger partial charge >= 0.3 is 0 Å². The van der Waals surface area contributed by atoms with E-state index in [0.29, 0.717) is 11.7 Å². The van der Waals surface area contributed by atoms with Crippen LogP contribution < -0.4 is 11.1 Å². The van der Waals surface area contributed by atoms with Crippen molar-refractivity contribution in [2.75, 3.05) is 17.6 Å². The summed E-state index contributed by atoms with van der Waals surface area (Å²) in [5.74, 6) is 2.38. The van der Waals surface area contributed by atoms with Gasteiger partial charge in [0.25, 0.3) is 0 Å². The van der Waals surface area contributed by atoms with E-state index in [1.807, 2.05) is 0 Å². The second-order valence-electron chi connectivity index (χ2n) is 4.98. The SMILES string of the molecule is CCCc1nc(N)cc(NCC2CCCC2O)n1. The zero-order valence-electron chi connectivity index (χ0n) is 10.9. The van der Waals surface area contributed by atoms with Gasteiger partial charge in [-0.3, -0.25) is 0 Å². The third kappa shape index (κ3) is 3.32. The van der Waals surface area contributed by atoms with Crippen molar-refractivity contribution in [3.63, 3.8) is 0 Å². The molecular formula is C13H22N4O. The Balaban J connectivity index is 1.95. The highest BCUT2D eigenvalue weighted by atomic mass is 16.3. The predicted molar refractivity (Wildman–Crippen MR) is 72.3 cm³/mol. The number of aliphatic hydroxyl groups excluding tert-OH is 1. The molecule has 0 spiro atoms. The zero-order valence-corrected chi connectivity index (χ0v) is 10.9. The van der Waals surface area contributed by atoms with Crippen molar-refractivity contribution in [2.45, 2.75) is 45.1 Å². The van der Waals surface area contributed by atoms with Crippen LogP contribution in [0.3, 0.4) is 0 Å². The van der Waals surface area contributed by atoms with Crippen LogP contribution in [0.5, 0.6) is 0 Å². The van der Waals surface area contributed by atoms with E-state index in [9.17, 15) is 5.11 Å². The molecule has 1 aromatic heterocycles. The molecule has 2 atom stereocenters. The van der Waals surface area contributed by atoms with Gasteiger partial charge in [0, 0.05) is 24.9 Å². The van der Waals surface area contributed by atoms with Gasteiger partial charge in [-0.1, -0.05) is 13.3 Å². The van der Waals surface area contributed by atoms with Gasteiger partial charge in [-0.15, -0.1) is 0 Å². The van der Waals surface area contributed by atoms with E-state index in [1.54, 1.807) is 6.07 Å². The average Bonchev–Trinajstić information content (AvgIpc) is 2.72. The van der Waals surface area contributed by atoms with Crippen LogP contribution in [0.1, 0.15) is 38.4 Å². The number of rotatable bonds is 5. The first-order valence-corrected chi connectivity index (χ1v) is 6.74. The molecule has 0 aliphatic heterocycles. The minimum Gasteiger partial charge on any atom is -0.393 e. The maximum atomic E-state index is 9.76. The molecule has 5 nitrogen and oxygen atoms in total. The Morgan fingerprint density at radius 3 is 2.94 bits per heavy atom. The third-order valence-corrected chi connectivity index (χ3v) is 3.43. The van der Waals surface area contributed by atoms with E-state index in [1.165, 1.54) is 0 Å². The van der Waals surface area contributed by atoms with Crippen molar-refractivity contribution in [2.24, 2.45) is 5.92 Å². The second kappa shape index (κ2) is 6.00. The standard InChI is InChI=1S/C13H22N4O/c1-2-4-12-16-11(14)7-13(17-12)15-8-9-5-3-6-10(9)18/h7,9-10,18H,2-6,8H2,1H3,(H3,14,15,16,17). The van der Waals surface area contributed by atoms with Crippen LogP contribution in [0.2, 0.25) is 0 Å². The van der Waals surface area contributed by atoms with Crippen LogP contribution in [0.15, 0.2) is 6.07 Å². The number of nitrogens with two attached hydrogens (primary N) is 1. The summed E-state index contributed by atoms with van der Waals surface area (Å²) in [7, 11) is 0. The van der Waals surface area contributed by atoms with Gasteiger partial charge in [0.05, 0.1) is 6.10 Å². The Hall–Kier alpha value is -1.36. The second-order valence-corrected chi connectivity index (χ2v) is 4.98. The van der Waals surface area contributed by atoms with Crippen LogP contribution in [0.4, 0.5) is 11.6 Å². The van der Waals surface area contributed by atoms with Crippen LogP contribution in [0, 0.1) is 5.92 Å². The lowest BCUT2D eigenvalue weighted by Gasteiger charge is -2.15. The van der Waals surface area contributed by atoms with Crippen molar-refractivity contribution in [3.05, 3.63) is 11.9 Å². The molecule has 5 heteroatoms. The molecular weight excluding hydrogens is 228 g/mol. The summed E-state index contributed by atoms with van der Waals surface area (Å²) in [5.41, 5.74) is 5.76. The molecule has 100 valence electrons. The minimum absolute atomic E-state index is 0.174. The number of nitrogen functional groups attached to an aromatic ring is 1. The Morgan fingerprint density at radius 1 is 1.44 bits per heavy atom. The topological polar surface area (TPSA) is 84.1 Å². The number of nitrogens with zero attached hydrogens (tertiary/aromatic N) is 2. The molecule has 1 fully saturated rings. The summed E-state index contributed by atoms with van der Waals surface area (Å²) >= 11 is 0. The third-order valence-electron chi connectivity index (χ3n) is 3.43. The molecule has 1 aliphatic rings. The fourth-order valence-electron chi connectivity index (χ4n) is 2.43. The normalized spacial score (nSPS) is 23.2. The van der Waals surface area contributed by atoms with Gasteiger partial charge in [0.15, 0.2) is 0 Å². The zero-order chi connectivity index (χ0) is 13.0. The Labute approximate surface area is 108 Å². The molecule has 2 rings (SSSR count). The van der Waals surface area contributed by atoms with Gasteiger partial charge in [-0.2, -0.15) is 0 Å². The number of aryl methyl sites for hydroxylation is 1. The van der Waals surface area contributed by atoms with E-state index < -0.39 is 0 Å². The molecule has 1 aliphatic carbocycles. The molecule has 4 N–H and O–H groups in total. The number of aromatic nitrogens is 2. The molecule has 0 amide bonds. The minimum atomic E-state index is -0.174. The van der Waals surface area contributed by atoms with Crippen molar-refractivity contribution in [1.29, 1.82) is 0 Å². The lowest BCUT2D eigenvalue weighted by molar-refractivity contribution is 0.138. The quantitative estimate of drug-likeness (QED) is 0.739. The monoisotopic (exact) mass is 250 g/mol. The van der Waals surface area contributed by atoms with Crippen molar-refractivity contribution >= 4 is 11.6 Å². The highest BCUT2D eigenvalue weighted by Gasteiger charge is 2.24. The molecule has 18 heavy (non-hydrogen) atoms. The van der Waals surface area contributed by atoms with Gasteiger partial charge in [0.2, 0.25) is 0 Å². The largest absolute Gasteiger partial charge is 0.393 e. The number of hydrogen-bond donors (Lipinski definition) is 3. The first kappa shape index (κ1) is 13.1. The van der Waals surface area contributed by atoms with Gasteiger partial charge in [0.1, 0.15) is 17.5 Å². The molecule has 0 bridgehead atoms. The summed E-state index contributed by atoms with van der Waals surface area (Å²) in [6.45, 7) is 2.84. The number of hydrogen-bond acceptors (Lipinski definition) is 5. The number of anilines is 2. The molecule has 1 saturated carbocycles. The lowest BCUT2D eigenvalue weighted by atomic mass is 10.1. The summed E-state index contributed by atoms with van der Waals surface area (Å²) in [6, 6.07) is 1.75. The molecule has 0 aromatic carbocycles. The summed E-state index contributed by atoms with van der Waals surface area (Å²) in [5, 5.41) is 13.0. The van der Waals surface area contributed by atoms with Gasteiger partial charge < -0.3 is 16.2 Å².